The van der Waals surface area contributed by atoms with Crippen LogP contribution in [0.2, 0.25) is 0 Å². The largest absolute Gasteiger partial charge is 0.353 e. The molecule has 1 saturated heterocycles. The minimum Gasteiger partial charge on any atom is -0.353 e. The van der Waals surface area contributed by atoms with Gasteiger partial charge in [-0.2, -0.15) is 0 Å². The number of anilines is 3. The van der Waals surface area contributed by atoms with Crippen molar-refractivity contribution in [3.05, 3.63) is 78.6 Å². The van der Waals surface area contributed by atoms with E-state index in [4.69, 9.17) is 0 Å². The van der Waals surface area contributed by atoms with Gasteiger partial charge in [-0.1, -0.05) is 36.4 Å². The number of amides is 1. The highest BCUT2D eigenvalue weighted by Crippen LogP contribution is 2.19. The quantitative estimate of drug-likeness (QED) is 0.745. The molecule has 3 heterocycles. The van der Waals surface area contributed by atoms with Gasteiger partial charge in [-0.25, -0.2) is 9.97 Å². The summed E-state index contributed by atoms with van der Waals surface area (Å²) in [6.45, 7) is 3.61. The number of pyridine rings is 2. The lowest BCUT2D eigenvalue weighted by Gasteiger charge is -2.36. The van der Waals surface area contributed by atoms with Gasteiger partial charge in [0.15, 0.2) is 0 Å². The molecule has 1 aliphatic heterocycles. The Hall–Kier alpha value is -3.41. The summed E-state index contributed by atoms with van der Waals surface area (Å²) >= 11 is 0. The second-order valence-corrected chi connectivity index (χ2v) is 6.78. The zero-order valence-electron chi connectivity index (χ0n) is 15.7. The lowest BCUT2D eigenvalue weighted by molar-refractivity contribution is -0.115. The molecule has 0 aliphatic carbocycles. The lowest BCUT2D eigenvalue weighted by atomic mass is 10.1. The number of nitrogens with zero attached hydrogens (tertiary/aromatic N) is 4. The average molecular weight is 373 g/mol. The number of piperazine rings is 1. The van der Waals surface area contributed by atoms with E-state index in [2.05, 4.69) is 25.1 Å². The van der Waals surface area contributed by atoms with Crippen molar-refractivity contribution in [2.75, 3.05) is 41.3 Å². The second kappa shape index (κ2) is 8.52. The van der Waals surface area contributed by atoms with Gasteiger partial charge in [0.05, 0.1) is 18.3 Å². The first-order valence-electron chi connectivity index (χ1n) is 9.49. The molecule has 3 aromatic rings. The summed E-state index contributed by atoms with van der Waals surface area (Å²) in [5, 5.41) is 2.91. The summed E-state index contributed by atoms with van der Waals surface area (Å²) in [5.74, 6) is 1.91. The van der Waals surface area contributed by atoms with Gasteiger partial charge in [-0.05, 0) is 29.8 Å². The Bertz CT molecular complexity index is 891. The van der Waals surface area contributed by atoms with Gasteiger partial charge in [0.2, 0.25) is 5.91 Å². The van der Waals surface area contributed by atoms with Crippen LogP contribution in [0.25, 0.3) is 0 Å². The summed E-state index contributed by atoms with van der Waals surface area (Å²) in [6.07, 6.45) is 3.91. The van der Waals surface area contributed by atoms with E-state index in [9.17, 15) is 4.79 Å². The van der Waals surface area contributed by atoms with Crippen LogP contribution in [0, 0.1) is 0 Å². The van der Waals surface area contributed by atoms with Gasteiger partial charge >= 0.3 is 0 Å². The molecule has 6 heteroatoms. The Labute approximate surface area is 164 Å². The Kier molecular flexibility index (Phi) is 5.47. The third-order valence-electron chi connectivity index (χ3n) is 4.82. The van der Waals surface area contributed by atoms with Crippen molar-refractivity contribution in [2.24, 2.45) is 0 Å². The number of benzene rings is 1. The molecule has 0 bridgehead atoms. The number of nitrogens with one attached hydrogen (secondary N) is 1. The number of carbonyl (C=O) groups is 1. The van der Waals surface area contributed by atoms with E-state index in [0.717, 1.165) is 49.1 Å². The molecular weight excluding hydrogens is 350 g/mol. The van der Waals surface area contributed by atoms with E-state index < -0.39 is 0 Å². The van der Waals surface area contributed by atoms with Gasteiger partial charge < -0.3 is 15.1 Å². The highest BCUT2D eigenvalue weighted by molar-refractivity contribution is 5.92. The van der Waals surface area contributed by atoms with Crippen molar-refractivity contribution in [3.8, 4) is 0 Å². The molecule has 6 nitrogen and oxygen atoms in total. The predicted molar refractivity (Wildman–Crippen MR) is 112 cm³/mol. The van der Waals surface area contributed by atoms with E-state index in [1.54, 1.807) is 6.20 Å². The van der Waals surface area contributed by atoms with Crippen molar-refractivity contribution in [2.45, 2.75) is 6.42 Å². The molecule has 1 aromatic carbocycles. The molecule has 2 aromatic heterocycles. The van der Waals surface area contributed by atoms with Crippen molar-refractivity contribution < 1.29 is 4.79 Å². The van der Waals surface area contributed by atoms with Crippen molar-refractivity contribution in [3.63, 3.8) is 0 Å². The monoisotopic (exact) mass is 373 g/mol. The Morgan fingerprint density at radius 1 is 0.821 bits per heavy atom. The first-order valence-corrected chi connectivity index (χ1v) is 9.49. The number of hydrogen-bond donors (Lipinski definition) is 1. The van der Waals surface area contributed by atoms with Crippen molar-refractivity contribution in [1.29, 1.82) is 0 Å². The van der Waals surface area contributed by atoms with E-state index in [0.29, 0.717) is 6.42 Å². The molecule has 1 N–H and O–H groups in total. The normalized spacial score (nSPS) is 14.0. The van der Waals surface area contributed by atoms with Crippen LogP contribution in [0.15, 0.2) is 73.1 Å². The minimum atomic E-state index is -0.0373. The maximum atomic E-state index is 12.2. The van der Waals surface area contributed by atoms with Crippen LogP contribution in [-0.2, 0) is 11.2 Å². The number of aromatic nitrogens is 2. The van der Waals surface area contributed by atoms with Gasteiger partial charge in [-0.3, -0.25) is 4.79 Å². The fourth-order valence-electron chi connectivity index (χ4n) is 3.34. The fourth-order valence-corrected chi connectivity index (χ4v) is 3.34. The third kappa shape index (κ3) is 4.46. The van der Waals surface area contributed by atoms with E-state index in [-0.39, 0.29) is 5.91 Å². The van der Waals surface area contributed by atoms with Crippen molar-refractivity contribution in [1.82, 2.24) is 9.97 Å². The topological polar surface area (TPSA) is 61.4 Å². The van der Waals surface area contributed by atoms with E-state index in [1.807, 2.05) is 66.9 Å². The molecule has 0 unspecified atom stereocenters. The fraction of sp³-hybridized carbons (Fsp3) is 0.227. The van der Waals surface area contributed by atoms with E-state index >= 15 is 0 Å². The van der Waals surface area contributed by atoms with Crippen LogP contribution in [0.4, 0.5) is 17.3 Å². The number of hydrogen-bond acceptors (Lipinski definition) is 5. The van der Waals surface area contributed by atoms with Crippen LogP contribution in [0.3, 0.4) is 0 Å². The van der Waals surface area contributed by atoms with E-state index in [1.165, 1.54) is 0 Å². The van der Waals surface area contributed by atoms with Gasteiger partial charge in [-0.15, -0.1) is 0 Å². The molecule has 28 heavy (non-hydrogen) atoms. The zero-order valence-corrected chi connectivity index (χ0v) is 15.7. The number of carbonyl (C=O) groups excluding carboxylic acids is 1. The maximum absolute atomic E-state index is 12.2. The van der Waals surface area contributed by atoms with Crippen LogP contribution >= 0.6 is 0 Å². The molecule has 4 rings (SSSR count). The van der Waals surface area contributed by atoms with Crippen LogP contribution in [0.5, 0.6) is 0 Å². The highest BCUT2D eigenvalue weighted by atomic mass is 16.1. The molecule has 0 spiro atoms. The Morgan fingerprint density at radius 3 is 2.11 bits per heavy atom. The van der Waals surface area contributed by atoms with Gasteiger partial charge in [0.1, 0.15) is 11.6 Å². The first-order chi connectivity index (χ1) is 13.8. The summed E-state index contributed by atoms with van der Waals surface area (Å²) in [7, 11) is 0. The van der Waals surface area contributed by atoms with Crippen LogP contribution in [-0.4, -0.2) is 42.1 Å². The van der Waals surface area contributed by atoms with Gasteiger partial charge in [0, 0.05) is 32.4 Å². The number of rotatable bonds is 5. The van der Waals surface area contributed by atoms with Crippen LogP contribution < -0.4 is 15.1 Å². The molecule has 1 aliphatic rings. The predicted octanol–water partition coefficient (Wildman–Crippen LogP) is 2.98. The molecule has 1 amide bonds. The Balaban J connectivity index is 1.31. The summed E-state index contributed by atoms with van der Waals surface area (Å²) < 4.78 is 0. The molecule has 0 atom stereocenters. The molecule has 142 valence electrons. The second-order valence-electron chi connectivity index (χ2n) is 6.78. The lowest BCUT2D eigenvalue weighted by Crippen LogP contribution is -2.47. The standard InChI is InChI=1S/C22H23N5O/c28-22(16-18-6-2-1-3-7-18)25-19-9-10-21(24-17-19)27-14-12-26(13-15-27)20-8-4-5-11-23-20/h1-11,17H,12-16H2,(H,25,28). The maximum Gasteiger partial charge on any atom is 0.228 e. The first kappa shape index (κ1) is 18.0. The summed E-state index contributed by atoms with van der Waals surface area (Å²) in [6, 6.07) is 19.6. The molecule has 0 radical (unpaired) electrons. The third-order valence-corrected chi connectivity index (χ3v) is 4.82. The molecule has 0 saturated carbocycles. The molecular formula is C22H23N5O. The highest BCUT2D eigenvalue weighted by Gasteiger charge is 2.18. The summed E-state index contributed by atoms with van der Waals surface area (Å²) in [4.78, 5) is 25.7. The molecule has 1 fully saturated rings. The minimum absolute atomic E-state index is 0.0373. The summed E-state index contributed by atoms with van der Waals surface area (Å²) in [5.41, 5.74) is 1.71. The van der Waals surface area contributed by atoms with Crippen molar-refractivity contribution >= 4 is 23.2 Å². The smallest absolute Gasteiger partial charge is 0.228 e. The van der Waals surface area contributed by atoms with Crippen LogP contribution in [0.1, 0.15) is 5.56 Å². The average Bonchev–Trinajstić information content (AvgIpc) is 2.76. The van der Waals surface area contributed by atoms with Gasteiger partial charge in [0.25, 0.3) is 0 Å². The SMILES string of the molecule is O=C(Cc1ccccc1)Nc1ccc(N2CCN(c3ccccn3)CC2)nc1. The zero-order chi connectivity index (χ0) is 19.2. The Morgan fingerprint density at radius 2 is 1.50 bits per heavy atom.